The normalized spacial score (nSPS) is 13.5. The van der Waals surface area contributed by atoms with Gasteiger partial charge in [-0.1, -0.05) is 245 Å². The molecule has 0 saturated carbocycles. The molecule has 3 unspecified atom stereocenters. The van der Waals surface area contributed by atoms with Crippen LogP contribution in [0.5, 0.6) is 0 Å². The van der Waals surface area contributed by atoms with Crippen LogP contribution in [0.4, 0.5) is 0 Å². The van der Waals surface area contributed by atoms with E-state index in [1.165, 1.54) is 212 Å². The van der Waals surface area contributed by atoms with Crippen LogP contribution in [0, 0.1) is 5.92 Å². The molecule has 0 rings (SSSR count). The van der Waals surface area contributed by atoms with Crippen LogP contribution in [0.3, 0.4) is 0 Å². The number of rotatable bonds is 49. The Balaban J connectivity index is 4.07. The Morgan fingerprint density at radius 3 is 0.836 bits per heavy atom. The summed E-state index contributed by atoms with van der Waals surface area (Å²) < 4.78 is 17.9. The predicted molar refractivity (Wildman–Crippen MR) is 240 cm³/mol. The molecule has 0 aromatic heterocycles. The molecule has 5 heteroatoms. The molecule has 0 heterocycles. The average molecular weight is 783 g/mol. The summed E-state index contributed by atoms with van der Waals surface area (Å²) >= 11 is 0. The second-order valence-corrected chi connectivity index (χ2v) is 17.5. The number of ether oxygens (including phenoxy) is 3. The van der Waals surface area contributed by atoms with E-state index in [-0.39, 0.29) is 12.2 Å². The van der Waals surface area contributed by atoms with Crippen LogP contribution in [0.2, 0.25) is 0 Å². The minimum absolute atomic E-state index is 0.355. The summed E-state index contributed by atoms with van der Waals surface area (Å²) in [5.74, 6) is 0.355. The SMILES string of the molecule is CCCCCCCCCCCCCCC(O)COCCOCC(CCCCCCCCCCCCC)COCC(O)CCCCCCCCCCCCCC. The van der Waals surface area contributed by atoms with E-state index in [2.05, 4.69) is 20.8 Å². The van der Waals surface area contributed by atoms with Crippen LogP contribution >= 0.6 is 0 Å². The summed E-state index contributed by atoms with van der Waals surface area (Å²) in [6.45, 7) is 10.1. The molecule has 0 amide bonds. The first-order valence-corrected chi connectivity index (χ1v) is 25.2. The highest BCUT2D eigenvalue weighted by molar-refractivity contribution is 4.62. The maximum atomic E-state index is 10.6. The molecule has 332 valence electrons. The molecule has 3 atom stereocenters. The summed E-state index contributed by atoms with van der Waals surface area (Å²) in [6.07, 6.45) is 49.2. The topological polar surface area (TPSA) is 68.2 Å². The van der Waals surface area contributed by atoms with E-state index in [4.69, 9.17) is 14.2 Å². The Morgan fingerprint density at radius 1 is 0.273 bits per heavy atom. The molecular formula is C50H102O5. The Kier molecular flexibility index (Phi) is 48.0. The van der Waals surface area contributed by atoms with Crippen LogP contribution in [-0.4, -0.2) is 62.1 Å². The van der Waals surface area contributed by atoms with Crippen molar-refractivity contribution in [1.82, 2.24) is 0 Å². The van der Waals surface area contributed by atoms with Crippen molar-refractivity contribution < 1.29 is 24.4 Å². The average Bonchev–Trinajstić information content (AvgIpc) is 3.18. The zero-order chi connectivity index (χ0) is 40.0. The van der Waals surface area contributed by atoms with Gasteiger partial charge in [-0.3, -0.25) is 0 Å². The van der Waals surface area contributed by atoms with E-state index in [0.717, 1.165) is 32.1 Å². The fourth-order valence-electron chi connectivity index (χ4n) is 7.88. The van der Waals surface area contributed by atoms with Crippen molar-refractivity contribution >= 4 is 0 Å². The third-order valence-electron chi connectivity index (χ3n) is 11.7. The largest absolute Gasteiger partial charge is 0.391 e. The first kappa shape index (κ1) is 54.8. The second-order valence-electron chi connectivity index (χ2n) is 17.5. The molecule has 0 aromatic rings. The lowest BCUT2D eigenvalue weighted by atomic mass is 10.0. The molecule has 55 heavy (non-hydrogen) atoms. The first-order chi connectivity index (χ1) is 27.1. The summed E-state index contributed by atoms with van der Waals surface area (Å²) in [5, 5.41) is 20.9. The molecule has 0 bridgehead atoms. The zero-order valence-electron chi connectivity index (χ0n) is 38.0. The third-order valence-corrected chi connectivity index (χ3v) is 11.7. The van der Waals surface area contributed by atoms with E-state index in [1.807, 2.05) is 0 Å². The number of hydrogen-bond acceptors (Lipinski definition) is 5. The van der Waals surface area contributed by atoms with Crippen LogP contribution in [0.15, 0.2) is 0 Å². The lowest BCUT2D eigenvalue weighted by Gasteiger charge is -2.19. The van der Waals surface area contributed by atoms with Crippen LogP contribution in [-0.2, 0) is 14.2 Å². The van der Waals surface area contributed by atoms with Gasteiger partial charge in [-0.2, -0.15) is 0 Å². The van der Waals surface area contributed by atoms with Gasteiger partial charge in [0, 0.05) is 5.92 Å². The quantitative estimate of drug-likeness (QED) is 0.0602. The Bertz CT molecular complexity index is 675. The van der Waals surface area contributed by atoms with Gasteiger partial charge in [0.15, 0.2) is 0 Å². The molecule has 0 radical (unpaired) electrons. The maximum Gasteiger partial charge on any atom is 0.0773 e. The van der Waals surface area contributed by atoms with Crippen molar-refractivity contribution in [2.75, 3.05) is 39.6 Å². The van der Waals surface area contributed by atoms with Gasteiger partial charge >= 0.3 is 0 Å². The van der Waals surface area contributed by atoms with E-state index in [1.54, 1.807) is 0 Å². The van der Waals surface area contributed by atoms with Gasteiger partial charge in [-0.25, -0.2) is 0 Å². The Morgan fingerprint density at radius 2 is 0.509 bits per heavy atom. The Hall–Kier alpha value is -0.200. The fourth-order valence-corrected chi connectivity index (χ4v) is 7.88. The number of aliphatic hydroxyl groups is 2. The van der Waals surface area contributed by atoms with Crippen LogP contribution < -0.4 is 0 Å². The minimum atomic E-state index is -0.369. The molecule has 0 aromatic carbocycles. The van der Waals surface area contributed by atoms with E-state index >= 15 is 0 Å². The summed E-state index contributed by atoms with van der Waals surface area (Å²) in [5.41, 5.74) is 0. The molecule has 0 aliphatic rings. The molecule has 0 spiro atoms. The van der Waals surface area contributed by atoms with Crippen molar-refractivity contribution in [1.29, 1.82) is 0 Å². The maximum absolute atomic E-state index is 10.6. The van der Waals surface area contributed by atoms with Crippen LogP contribution in [0.25, 0.3) is 0 Å². The smallest absolute Gasteiger partial charge is 0.0773 e. The molecule has 0 saturated heterocycles. The standard InChI is InChI=1S/C50H102O5/c1-4-7-10-13-16-19-22-25-28-31-34-37-40-49(51)46-54-43-42-53-44-48(39-36-33-30-27-24-21-18-15-12-9-6-3)45-55-47-50(52)41-38-35-32-29-26-23-20-17-14-11-8-5-2/h48-52H,4-47H2,1-3H3. The predicted octanol–water partition coefficient (Wildman–Crippen LogP) is 15.3. The molecule has 0 fully saturated rings. The van der Waals surface area contributed by atoms with Gasteiger partial charge in [0.2, 0.25) is 0 Å². The lowest BCUT2D eigenvalue weighted by Crippen LogP contribution is -2.23. The first-order valence-electron chi connectivity index (χ1n) is 25.2. The number of hydrogen-bond donors (Lipinski definition) is 2. The minimum Gasteiger partial charge on any atom is -0.391 e. The van der Waals surface area contributed by atoms with E-state index in [0.29, 0.717) is 45.6 Å². The third kappa shape index (κ3) is 46.4. The fraction of sp³-hybridized carbons (Fsp3) is 1.00. The monoisotopic (exact) mass is 783 g/mol. The van der Waals surface area contributed by atoms with Gasteiger partial charge in [0.1, 0.15) is 0 Å². The van der Waals surface area contributed by atoms with Crippen molar-refractivity contribution in [3.8, 4) is 0 Å². The molecule has 2 N–H and O–H groups in total. The van der Waals surface area contributed by atoms with Gasteiger partial charge < -0.3 is 24.4 Å². The van der Waals surface area contributed by atoms with Gasteiger partial charge in [0.25, 0.3) is 0 Å². The molecule has 0 aliphatic carbocycles. The van der Waals surface area contributed by atoms with E-state index < -0.39 is 0 Å². The highest BCUT2D eigenvalue weighted by Gasteiger charge is 2.12. The van der Waals surface area contributed by atoms with Gasteiger partial charge in [-0.05, 0) is 19.3 Å². The highest BCUT2D eigenvalue weighted by Crippen LogP contribution is 2.17. The summed E-state index contributed by atoms with van der Waals surface area (Å²) in [7, 11) is 0. The summed E-state index contributed by atoms with van der Waals surface area (Å²) in [6, 6.07) is 0. The van der Waals surface area contributed by atoms with Crippen molar-refractivity contribution in [3.05, 3.63) is 0 Å². The zero-order valence-corrected chi connectivity index (χ0v) is 38.0. The van der Waals surface area contributed by atoms with Gasteiger partial charge in [0.05, 0.1) is 51.8 Å². The van der Waals surface area contributed by atoms with Crippen molar-refractivity contribution in [3.63, 3.8) is 0 Å². The second kappa shape index (κ2) is 48.2. The molecule has 0 aliphatic heterocycles. The Labute approximate surface area is 346 Å². The van der Waals surface area contributed by atoms with Crippen LogP contribution in [0.1, 0.15) is 265 Å². The number of unbranched alkanes of at least 4 members (excludes halogenated alkanes) is 32. The summed E-state index contributed by atoms with van der Waals surface area (Å²) in [4.78, 5) is 0. The number of aliphatic hydroxyl groups excluding tert-OH is 2. The van der Waals surface area contributed by atoms with Gasteiger partial charge in [-0.15, -0.1) is 0 Å². The molecular weight excluding hydrogens is 681 g/mol. The van der Waals surface area contributed by atoms with Crippen molar-refractivity contribution in [2.45, 2.75) is 277 Å². The van der Waals surface area contributed by atoms with Crippen molar-refractivity contribution in [2.24, 2.45) is 5.92 Å². The highest BCUT2D eigenvalue weighted by atomic mass is 16.5. The lowest BCUT2D eigenvalue weighted by molar-refractivity contribution is -0.0254. The molecule has 5 nitrogen and oxygen atoms in total. The van der Waals surface area contributed by atoms with E-state index in [9.17, 15) is 10.2 Å².